The highest BCUT2D eigenvalue weighted by molar-refractivity contribution is 7.94. The molecule has 2 fully saturated rings. The standard InChI is InChI=1S/C9H14F2O5S2/c1-17(12,13)16-6-8(2-3-8)18(14,15)9(4-5-9)7(10)11/h7H,2-6H2,1H3. The molecule has 0 aromatic rings. The average molecular weight is 304 g/mol. The number of alkyl halides is 2. The van der Waals surface area contributed by atoms with Crippen LogP contribution in [0.1, 0.15) is 25.7 Å². The maximum absolute atomic E-state index is 12.9. The van der Waals surface area contributed by atoms with E-state index in [9.17, 15) is 25.6 Å². The Morgan fingerprint density at radius 3 is 1.89 bits per heavy atom. The lowest BCUT2D eigenvalue weighted by molar-refractivity contribution is 0.132. The quantitative estimate of drug-likeness (QED) is 0.675. The Kier molecular flexibility index (Phi) is 3.03. The van der Waals surface area contributed by atoms with Crippen LogP contribution in [-0.4, -0.2) is 45.6 Å². The monoisotopic (exact) mass is 304 g/mol. The molecule has 0 aromatic carbocycles. The molecule has 2 saturated carbocycles. The highest BCUT2D eigenvalue weighted by atomic mass is 32.2. The van der Waals surface area contributed by atoms with Gasteiger partial charge in [0.1, 0.15) is 4.75 Å². The molecule has 0 atom stereocenters. The summed E-state index contributed by atoms with van der Waals surface area (Å²) in [7, 11) is -7.85. The fourth-order valence-corrected chi connectivity index (χ4v) is 5.11. The Morgan fingerprint density at radius 1 is 1.11 bits per heavy atom. The van der Waals surface area contributed by atoms with Crippen LogP contribution >= 0.6 is 0 Å². The van der Waals surface area contributed by atoms with E-state index in [1.54, 1.807) is 0 Å². The number of sulfone groups is 1. The molecule has 0 unspecified atom stereocenters. The number of rotatable bonds is 6. The maximum Gasteiger partial charge on any atom is 0.264 e. The van der Waals surface area contributed by atoms with E-state index in [0.29, 0.717) is 0 Å². The molecule has 0 aromatic heterocycles. The van der Waals surface area contributed by atoms with Crippen molar-refractivity contribution < 1.29 is 29.8 Å². The molecule has 0 spiro atoms. The third-order valence-corrected chi connectivity index (χ3v) is 7.46. The smallest absolute Gasteiger partial charge is 0.264 e. The van der Waals surface area contributed by atoms with Crippen molar-refractivity contribution in [2.45, 2.75) is 41.6 Å². The second-order valence-corrected chi connectivity index (χ2v) is 9.35. The SMILES string of the molecule is CS(=O)(=O)OCC1(S(=O)(=O)C2(C(F)F)CC2)CC1. The van der Waals surface area contributed by atoms with Gasteiger partial charge in [0.05, 0.1) is 17.6 Å². The minimum Gasteiger partial charge on any atom is -0.269 e. The summed E-state index contributed by atoms with van der Waals surface area (Å²) in [5, 5.41) is 0. The van der Waals surface area contributed by atoms with Gasteiger partial charge in [0.2, 0.25) is 0 Å². The van der Waals surface area contributed by atoms with Gasteiger partial charge in [-0.25, -0.2) is 17.2 Å². The highest BCUT2D eigenvalue weighted by Crippen LogP contribution is 2.58. The Hall–Kier alpha value is -0.280. The van der Waals surface area contributed by atoms with Gasteiger partial charge >= 0.3 is 0 Å². The molecule has 2 aliphatic rings. The van der Waals surface area contributed by atoms with Crippen LogP contribution in [0.15, 0.2) is 0 Å². The van der Waals surface area contributed by atoms with Gasteiger partial charge in [-0.2, -0.15) is 8.42 Å². The molecule has 0 N–H and O–H groups in total. The second-order valence-electron chi connectivity index (χ2n) is 5.02. The van der Waals surface area contributed by atoms with Crippen molar-refractivity contribution in [3.63, 3.8) is 0 Å². The fraction of sp³-hybridized carbons (Fsp3) is 1.00. The number of halogens is 2. The zero-order valence-corrected chi connectivity index (χ0v) is 11.4. The Morgan fingerprint density at radius 2 is 1.61 bits per heavy atom. The van der Waals surface area contributed by atoms with Crippen LogP contribution in [-0.2, 0) is 24.1 Å². The van der Waals surface area contributed by atoms with E-state index in [4.69, 9.17) is 0 Å². The summed E-state index contributed by atoms with van der Waals surface area (Å²) in [5.41, 5.74) is 0. The average Bonchev–Trinajstić information content (AvgIpc) is 3.08. The zero-order valence-electron chi connectivity index (χ0n) is 9.73. The fourth-order valence-electron chi connectivity index (χ4n) is 2.00. The van der Waals surface area contributed by atoms with Gasteiger partial charge in [0.15, 0.2) is 9.84 Å². The van der Waals surface area contributed by atoms with Gasteiger partial charge in [0, 0.05) is 0 Å². The van der Waals surface area contributed by atoms with Gasteiger partial charge in [-0.15, -0.1) is 0 Å². The maximum atomic E-state index is 12.9. The number of hydrogen-bond donors (Lipinski definition) is 0. The van der Waals surface area contributed by atoms with Crippen LogP contribution in [0.2, 0.25) is 0 Å². The molecule has 18 heavy (non-hydrogen) atoms. The first kappa shape index (κ1) is 14.1. The summed E-state index contributed by atoms with van der Waals surface area (Å²) in [6, 6.07) is 0. The lowest BCUT2D eigenvalue weighted by Crippen LogP contribution is -2.43. The van der Waals surface area contributed by atoms with E-state index in [0.717, 1.165) is 6.26 Å². The summed E-state index contributed by atoms with van der Waals surface area (Å²) in [6.07, 6.45) is -1.89. The Bertz CT molecular complexity index is 544. The first-order chi connectivity index (χ1) is 8.06. The van der Waals surface area contributed by atoms with Gasteiger partial charge < -0.3 is 0 Å². The van der Waals surface area contributed by atoms with Crippen molar-refractivity contribution in [2.75, 3.05) is 12.9 Å². The van der Waals surface area contributed by atoms with Crippen LogP contribution in [0.4, 0.5) is 8.78 Å². The van der Waals surface area contributed by atoms with Crippen molar-refractivity contribution in [3.8, 4) is 0 Å². The van der Waals surface area contributed by atoms with Crippen molar-refractivity contribution in [1.29, 1.82) is 0 Å². The minimum absolute atomic E-state index is 0.0619. The molecule has 0 amide bonds. The predicted octanol–water partition coefficient (Wildman–Crippen LogP) is 0.708. The molecule has 9 heteroatoms. The summed E-state index contributed by atoms with van der Waals surface area (Å²) in [6.45, 7) is -0.553. The van der Waals surface area contributed by atoms with E-state index >= 15 is 0 Å². The van der Waals surface area contributed by atoms with Gasteiger partial charge in [-0.1, -0.05) is 0 Å². The lowest BCUT2D eigenvalue weighted by atomic mass is 10.4. The van der Waals surface area contributed by atoms with Crippen LogP contribution in [0.25, 0.3) is 0 Å². The Balaban J connectivity index is 2.21. The minimum atomic E-state index is -4.08. The highest BCUT2D eigenvalue weighted by Gasteiger charge is 2.71. The van der Waals surface area contributed by atoms with E-state index in [-0.39, 0.29) is 25.7 Å². The van der Waals surface area contributed by atoms with Crippen molar-refractivity contribution in [3.05, 3.63) is 0 Å². The largest absolute Gasteiger partial charge is 0.269 e. The van der Waals surface area contributed by atoms with Crippen LogP contribution in [0.5, 0.6) is 0 Å². The van der Waals surface area contributed by atoms with E-state index < -0.39 is 42.5 Å². The lowest BCUT2D eigenvalue weighted by Gasteiger charge is -2.22. The van der Waals surface area contributed by atoms with Crippen LogP contribution < -0.4 is 0 Å². The molecule has 106 valence electrons. The molecule has 5 nitrogen and oxygen atoms in total. The molecule has 0 radical (unpaired) electrons. The summed E-state index contributed by atoms with van der Waals surface area (Å²) in [5.74, 6) is 0. The molecular weight excluding hydrogens is 290 g/mol. The zero-order chi connectivity index (χ0) is 13.8. The van der Waals surface area contributed by atoms with Gasteiger partial charge in [-0.05, 0) is 25.7 Å². The normalized spacial score (nSPS) is 25.1. The van der Waals surface area contributed by atoms with Crippen molar-refractivity contribution in [1.82, 2.24) is 0 Å². The molecule has 2 rings (SSSR count). The topological polar surface area (TPSA) is 77.5 Å². The predicted molar refractivity (Wildman–Crippen MR) is 59.6 cm³/mol. The Labute approximate surface area is 105 Å². The molecular formula is C9H14F2O5S2. The molecule has 2 aliphatic carbocycles. The van der Waals surface area contributed by atoms with E-state index in [2.05, 4.69) is 4.18 Å². The summed E-state index contributed by atoms with van der Waals surface area (Å²) in [4.78, 5) is 0. The molecule has 0 saturated heterocycles. The van der Waals surface area contributed by atoms with Crippen molar-refractivity contribution in [2.24, 2.45) is 0 Å². The van der Waals surface area contributed by atoms with E-state index in [1.807, 2.05) is 0 Å². The first-order valence-corrected chi connectivity index (χ1v) is 8.73. The third-order valence-electron chi connectivity index (χ3n) is 3.59. The molecule has 0 bridgehead atoms. The molecule has 0 aliphatic heterocycles. The summed E-state index contributed by atoms with van der Waals surface area (Å²) < 4.78 is 73.0. The molecule has 0 heterocycles. The van der Waals surface area contributed by atoms with Gasteiger partial charge in [-0.3, -0.25) is 4.18 Å². The number of hydrogen-bond acceptors (Lipinski definition) is 5. The third kappa shape index (κ3) is 2.05. The first-order valence-electron chi connectivity index (χ1n) is 5.43. The van der Waals surface area contributed by atoms with E-state index in [1.165, 1.54) is 0 Å². The van der Waals surface area contributed by atoms with Crippen molar-refractivity contribution >= 4 is 20.0 Å². The summed E-state index contributed by atoms with van der Waals surface area (Å²) >= 11 is 0. The van der Waals surface area contributed by atoms with Crippen LogP contribution in [0.3, 0.4) is 0 Å². The van der Waals surface area contributed by atoms with Gasteiger partial charge in [0.25, 0.3) is 16.5 Å². The van der Waals surface area contributed by atoms with Crippen LogP contribution in [0, 0.1) is 0 Å². The second kappa shape index (κ2) is 3.86.